The second-order valence-electron chi connectivity index (χ2n) is 4.04. The zero-order valence-electron chi connectivity index (χ0n) is 10.7. The van der Waals surface area contributed by atoms with Gasteiger partial charge in [0.25, 0.3) is 11.6 Å². The van der Waals surface area contributed by atoms with Gasteiger partial charge in [0.2, 0.25) is 0 Å². The molecule has 0 unspecified atom stereocenters. The van der Waals surface area contributed by atoms with E-state index in [-0.39, 0.29) is 17.0 Å². The number of carbonyl (C=O) groups is 1. The first-order valence-corrected chi connectivity index (χ1v) is 5.92. The van der Waals surface area contributed by atoms with Gasteiger partial charge in [0, 0.05) is 11.6 Å². The van der Waals surface area contributed by atoms with Crippen molar-refractivity contribution in [3.8, 4) is 5.75 Å². The van der Waals surface area contributed by atoms with Crippen LogP contribution in [0.2, 0.25) is 0 Å². The molecule has 0 aliphatic rings. The highest BCUT2D eigenvalue weighted by molar-refractivity contribution is 5.95. The third-order valence-corrected chi connectivity index (χ3v) is 2.60. The van der Waals surface area contributed by atoms with Crippen molar-refractivity contribution in [2.45, 2.75) is 0 Å². The molecule has 0 bridgehead atoms. The highest BCUT2D eigenvalue weighted by atomic mass is 16.6. The van der Waals surface area contributed by atoms with Gasteiger partial charge in [-0.1, -0.05) is 30.3 Å². The van der Waals surface area contributed by atoms with Gasteiger partial charge in [-0.15, -0.1) is 5.75 Å². The van der Waals surface area contributed by atoms with E-state index in [0.29, 0.717) is 5.56 Å². The summed E-state index contributed by atoms with van der Waals surface area (Å²) in [5.41, 5.74) is 2.41. The SMILES string of the molecule is O=C(N/N=C\c1cc([O-])ccc1[N+](=O)[O-])c1ccccc1. The summed E-state index contributed by atoms with van der Waals surface area (Å²) in [5, 5.41) is 25.7. The number of nitro groups is 1. The van der Waals surface area contributed by atoms with E-state index in [2.05, 4.69) is 10.5 Å². The number of benzene rings is 2. The van der Waals surface area contributed by atoms with Crippen LogP contribution in [0.15, 0.2) is 53.6 Å². The minimum atomic E-state index is -0.625. The average molecular weight is 284 g/mol. The van der Waals surface area contributed by atoms with Crippen LogP contribution in [-0.2, 0) is 0 Å². The Balaban J connectivity index is 2.13. The van der Waals surface area contributed by atoms with E-state index in [4.69, 9.17) is 0 Å². The molecular weight excluding hydrogens is 274 g/mol. The van der Waals surface area contributed by atoms with Crippen molar-refractivity contribution in [2.75, 3.05) is 0 Å². The average Bonchev–Trinajstić information content (AvgIpc) is 2.48. The molecular formula is C14H10N3O4-. The molecule has 0 aliphatic heterocycles. The van der Waals surface area contributed by atoms with Crippen molar-refractivity contribution in [2.24, 2.45) is 5.10 Å². The maximum atomic E-state index is 11.7. The number of hydrazone groups is 1. The van der Waals surface area contributed by atoms with E-state index in [1.165, 1.54) is 0 Å². The smallest absolute Gasteiger partial charge is 0.278 e. The lowest BCUT2D eigenvalue weighted by atomic mass is 10.2. The fraction of sp³-hybridized carbons (Fsp3) is 0. The summed E-state index contributed by atoms with van der Waals surface area (Å²) in [6.07, 6.45) is 1.07. The second-order valence-corrected chi connectivity index (χ2v) is 4.04. The lowest BCUT2D eigenvalue weighted by molar-refractivity contribution is -0.385. The van der Waals surface area contributed by atoms with Crippen molar-refractivity contribution in [1.82, 2.24) is 5.43 Å². The Morgan fingerprint density at radius 1 is 1.19 bits per heavy atom. The molecule has 0 aliphatic carbocycles. The Morgan fingerprint density at radius 3 is 2.57 bits per heavy atom. The van der Waals surface area contributed by atoms with Crippen LogP contribution >= 0.6 is 0 Å². The second kappa shape index (κ2) is 6.29. The summed E-state index contributed by atoms with van der Waals surface area (Å²) in [6.45, 7) is 0. The van der Waals surface area contributed by atoms with Gasteiger partial charge in [0.05, 0.1) is 16.7 Å². The van der Waals surface area contributed by atoms with Gasteiger partial charge < -0.3 is 5.11 Å². The molecule has 0 atom stereocenters. The molecule has 0 saturated carbocycles. The molecule has 0 aromatic heterocycles. The number of nitrogens with zero attached hydrogens (tertiary/aromatic N) is 2. The summed E-state index contributed by atoms with van der Waals surface area (Å²) in [4.78, 5) is 21.9. The molecule has 1 N–H and O–H groups in total. The number of nitrogens with one attached hydrogen (secondary N) is 1. The Kier molecular flexibility index (Phi) is 4.25. The van der Waals surface area contributed by atoms with Crippen LogP contribution < -0.4 is 10.5 Å². The maximum Gasteiger partial charge on any atom is 0.278 e. The van der Waals surface area contributed by atoms with Gasteiger partial charge >= 0.3 is 0 Å². The van der Waals surface area contributed by atoms with Gasteiger partial charge in [0.15, 0.2) is 0 Å². The van der Waals surface area contributed by atoms with Crippen LogP contribution in [0.1, 0.15) is 15.9 Å². The van der Waals surface area contributed by atoms with E-state index < -0.39 is 10.8 Å². The lowest BCUT2D eigenvalue weighted by Crippen LogP contribution is -2.17. The molecule has 2 rings (SSSR count). The highest BCUT2D eigenvalue weighted by Gasteiger charge is 2.10. The predicted molar refractivity (Wildman–Crippen MR) is 74.0 cm³/mol. The maximum absolute atomic E-state index is 11.7. The molecule has 2 aromatic rings. The third kappa shape index (κ3) is 3.63. The molecule has 0 heterocycles. The summed E-state index contributed by atoms with van der Waals surface area (Å²) in [7, 11) is 0. The van der Waals surface area contributed by atoms with E-state index >= 15 is 0 Å². The van der Waals surface area contributed by atoms with Crippen LogP contribution in [0.25, 0.3) is 0 Å². The zero-order valence-corrected chi connectivity index (χ0v) is 10.7. The summed E-state index contributed by atoms with van der Waals surface area (Å²) >= 11 is 0. The number of rotatable bonds is 4. The number of carbonyl (C=O) groups excluding carboxylic acids is 1. The fourth-order valence-electron chi connectivity index (χ4n) is 1.62. The number of nitro benzene ring substituents is 1. The van der Waals surface area contributed by atoms with Crippen LogP contribution in [-0.4, -0.2) is 17.0 Å². The normalized spacial score (nSPS) is 10.5. The van der Waals surface area contributed by atoms with Crippen molar-refractivity contribution < 1.29 is 14.8 Å². The lowest BCUT2D eigenvalue weighted by Gasteiger charge is -2.05. The first kappa shape index (κ1) is 14.2. The van der Waals surface area contributed by atoms with E-state index in [1.807, 2.05) is 0 Å². The van der Waals surface area contributed by atoms with Crippen molar-refractivity contribution in [1.29, 1.82) is 0 Å². The summed E-state index contributed by atoms with van der Waals surface area (Å²) in [5.74, 6) is -0.829. The van der Waals surface area contributed by atoms with Gasteiger partial charge in [0.1, 0.15) is 0 Å². The molecule has 1 amide bonds. The molecule has 2 aromatic carbocycles. The molecule has 7 nitrogen and oxygen atoms in total. The quantitative estimate of drug-likeness (QED) is 0.520. The van der Waals surface area contributed by atoms with E-state index in [9.17, 15) is 20.0 Å². The predicted octanol–water partition coefficient (Wildman–Crippen LogP) is 1.43. The highest BCUT2D eigenvalue weighted by Crippen LogP contribution is 2.19. The molecule has 106 valence electrons. The molecule has 21 heavy (non-hydrogen) atoms. The van der Waals surface area contributed by atoms with Crippen molar-refractivity contribution in [3.05, 3.63) is 69.8 Å². The minimum absolute atomic E-state index is 0.0286. The monoisotopic (exact) mass is 284 g/mol. The van der Waals surface area contributed by atoms with Crippen LogP contribution in [0.4, 0.5) is 5.69 Å². The molecule has 0 radical (unpaired) electrons. The Morgan fingerprint density at radius 2 is 1.90 bits per heavy atom. The summed E-state index contributed by atoms with van der Waals surface area (Å²) in [6, 6.07) is 11.6. The van der Waals surface area contributed by atoms with Gasteiger partial charge in [-0.3, -0.25) is 14.9 Å². The van der Waals surface area contributed by atoms with Crippen LogP contribution in [0.5, 0.6) is 5.75 Å². The van der Waals surface area contributed by atoms with Gasteiger partial charge in [-0.05, 0) is 12.1 Å². The Bertz CT molecular complexity index is 699. The zero-order chi connectivity index (χ0) is 15.2. The number of hydrogen-bond acceptors (Lipinski definition) is 5. The Labute approximate surface area is 119 Å². The fourth-order valence-corrected chi connectivity index (χ4v) is 1.62. The third-order valence-electron chi connectivity index (χ3n) is 2.60. The molecule has 0 saturated heterocycles. The minimum Gasteiger partial charge on any atom is -0.872 e. The standard InChI is InChI=1S/C14H11N3O4/c18-12-6-7-13(17(20)21)11(8-12)9-15-16-14(19)10-4-2-1-3-5-10/h1-9,18H,(H,16,19)/p-1/b15-9-. The molecule has 7 heteroatoms. The topological polar surface area (TPSA) is 108 Å². The van der Waals surface area contributed by atoms with E-state index in [1.54, 1.807) is 30.3 Å². The van der Waals surface area contributed by atoms with Gasteiger partial charge in [-0.25, -0.2) is 5.43 Å². The first-order chi connectivity index (χ1) is 10.1. The van der Waals surface area contributed by atoms with Crippen LogP contribution in [0, 0.1) is 10.1 Å². The van der Waals surface area contributed by atoms with E-state index in [0.717, 1.165) is 24.4 Å². The number of amides is 1. The van der Waals surface area contributed by atoms with Gasteiger partial charge in [-0.2, -0.15) is 5.10 Å². The number of hydrogen-bond donors (Lipinski definition) is 1. The first-order valence-electron chi connectivity index (χ1n) is 5.92. The molecule has 0 fully saturated rings. The summed E-state index contributed by atoms with van der Waals surface area (Å²) < 4.78 is 0. The largest absolute Gasteiger partial charge is 0.872 e. The van der Waals surface area contributed by atoms with Crippen LogP contribution in [0.3, 0.4) is 0 Å². The van der Waals surface area contributed by atoms with Crippen molar-refractivity contribution in [3.63, 3.8) is 0 Å². The Hall–Kier alpha value is -3.22. The molecule has 0 spiro atoms. The van der Waals surface area contributed by atoms with Crippen molar-refractivity contribution >= 4 is 17.8 Å².